The Kier molecular flexibility index (Phi) is 4.88. The highest BCUT2D eigenvalue weighted by atomic mass is 79.9. The largest absolute Gasteiger partial charge is 0.496 e. The minimum absolute atomic E-state index is 0.0451. The van der Waals surface area contributed by atoms with Crippen molar-refractivity contribution in [3.8, 4) is 5.75 Å². The zero-order valence-corrected chi connectivity index (χ0v) is 13.9. The highest BCUT2D eigenvalue weighted by Gasteiger charge is 2.32. The van der Waals surface area contributed by atoms with Crippen LogP contribution < -0.4 is 15.0 Å². The highest BCUT2D eigenvalue weighted by Crippen LogP contribution is 2.30. The fraction of sp³-hybridized carbons (Fsp3) is 0.467. The van der Waals surface area contributed by atoms with E-state index in [1.54, 1.807) is 18.1 Å². The maximum Gasteiger partial charge on any atom is 0.249 e. The van der Waals surface area contributed by atoms with E-state index < -0.39 is 6.04 Å². The number of carbonyl (C=O) groups is 2. The van der Waals surface area contributed by atoms with Crippen molar-refractivity contribution in [1.82, 2.24) is 5.32 Å². The van der Waals surface area contributed by atoms with E-state index in [-0.39, 0.29) is 17.7 Å². The second-order valence-electron chi connectivity index (χ2n) is 5.35. The van der Waals surface area contributed by atoms with Crippen molar-refractivity contribution in [3.05, 3.63) is 22.7 Å². The zero-order chi connectivity index (χ0) is 15.6. The Morgan fingerprint density at radius 2 is 2.10 bits per heavy atom. The van der Waals surface area contributed by atoms with Crippen LogP contribution in [-0.4, -0.2) is 31.5 Å². The van der Waals surface area contributed by atoms with E-state index in [9.17, 15) is 9.59 Å². The number of amides is 2. The van der Waals surface area contributed by atoms with Crippen LogP contribution in [0.2, 0.25) is 0 Å². The predicted molar refractivity (Wildman–Crippen MR) is 84.4 cm³/mol. The summed E-state index contributed by atoms with van der Waals surface area (Å²) in [5.41, 5.74) is 0.759. The number of carbonyl (C=O) groups excluding carboxylic acids is 2. The molecule has 0 saturated carbocycles. The van der Waals surface area contributed by atoms with E-state index in [1.807, 2.05) is 26.0 Å². The molecule has 0 spiro atoms. The summed E-state index contributed by atoms with van der Waals surface area (Å²) >= 11 is 3.42. The van der Waals surface area contributed by atoms with Crippen molar-refractivity contribution >= 4 is 33.4 Å². The Labute approximate surface area is 132 Å². The van der Waals surface area contributed by atoms with Crippen LogP contribution in [0.25, 0.3) is 0 Å². The number of ether oxygens (including phenoxy) is 1. The first kappa shape index (κ1) is 15.8. The van der Waals surface area contributed by atoms with Crippen LogP contribution in [0.1, 0.15) is 20.3 Å². The Morgan fingerprint density at radius 3 is 2.67 bits per heavy atom. The number of anilines is 1. The molecule has 1 fully saturated rings. The Morgan fingerprint density at radius 1 is 1.38 bits per heavy atom. The van der Waals surface area contributed by atoms with Crippen LogP contribution in [0.3, 0.4) is 0 Å². The molecule has 1 heterocycles. The van der Waals surface area contributed by atoms with Crippen molar-refractivity contribution in [1.29, 1.82) is 0 Å². The Hall–Kier alpha value is -1.56. The van der Waals surface area contributed by atoms with Gasteiger partial charge in [0.25, 0.3) is 0 Å². The number of nitrogens with zero attached hydrogens (tertiary/aromatic N) is 1. The predicted octanol–water partition coefficient (Wildman–Crippen LogP) is 2.34. The van der Waals surface area contributed by atoms with Gasteiger partial charge in [0.15, 0.2) is 0 Å². The van der Waals surface area contributed by atoms with Gasteiger partial charge in [-0.2, -0.15) is 0 Å². The number of nitrogens with one attached hydrogen (secondary N) is 1. The number of hydrogen-bond acceptors (Lipinski definition) is 3. The normalized spacial score (nSPS) is 19.5. The summed E-state index contributed by atoms with van der Waals surface area (Å²) in [5.74, 6) is 0.587. The highest BCUT2D eigenvalue weighted by molar-refractivity contribution is 9.10. The van der Waals surface area contributed by atoms with Gasteiger partial charge in [0, 0.05) is 18.7 Å². The first-order chi connectivity index (χ1) is 9.93. The summed E-state index contributed by atoms with van der Waals surface area (Å²) in [6.07, 6.45) is 0.304. The molecule has 0 aromatic heterocycles. The third-order valence-electron chi connectivity index (χ3n) is 3.52. The average molecular weight is 355 g/mol. The maximum atomic E-state index is 12.7. The van der Waals surface area contributed by atoms with Gasteiger partial charge in [-0.05, 0) is 40.0 Å². The van der Waals surface area contributed by atoms with E-state index in [0.717, 1.165) is 10.2 Å². The molecule has 0 radical (unpaired) electrons. The molecule has 21 heavy (non-hydrogen) atoms. The molecule has 1 aliphatic rings. The lowest BCUT2D eigenvalue weighted by atomic mass is 10.0. The third kappa shape index (κ3) is 3.37. The second-order valence-corrected chi connectivity index (χ2v) is 6.20. The molecule has 114 valence electrons. The lowest BCUT2D eigenvalue weighted by molar-refractivity contribution is -0.126. The molecule has 1 unspecified atom stereocenters. The Bertz CT molecular complexity index is 560. The van der Waals surface area contributed by atoms with Gasteiger partial charge in [0.2, 0.25) is 11.8 Å². The second kappa shape index (κ2) is 6.47. The minimum atomic E-state index is -0.485. The number of rotatable bonds is 3. The standard InChI is InChI=1S/C15H19BrN2O3/c1-9(2)14-15(20)18(7-6-13(19)17-14)10-4-5-12(21-3)11(16)8-10/h4-5,8-9,14H,6-7H2,1-3H3,(H,17,19). The number of halogens is 1. The summed E-state index contributed by atoms with van der Waals surface area (Å²) in [5, 5.41) is 2.80. The summed E-state index contributed by atoms with van der Waals surface area (Å²) < 4.78 is 5.98. The van der Waals surface area contributed by atoms with Gasteiger partial charge < -0.3 is 15.0 Å². The van der Waals surface area contributed by atoms with E-state index in [1.165, 1.54) is 0 Å². The molecule has 0 bridgehead atoms. The molecular weight excluding hydrogens is 336 g/mol. The molecule has 2 amide bonds. The molecule has 1 atom stereocenters. The first-order valence-electron chi connectivity index (χ1n) is 6.88. The molecule has 1 aromatic rings. The molecule has 1 aromatic carbocycles. The zero-order valence-electron chi connectivity index (χ0n) is 12.4. The fourth-order valence-electron chi connectivity index (χ4n) is 2.33. The number of hydrogen-bond donors (Lipinski definition) is 1. The quantitative estimate of drug-likeness (QED) is 0.906. The Balaban J connectivity index is 2.34. The van der Waals surface area contributed by atoms with Gasteiger partial charge in [0.05, 0.1) is 11.6 Å². The molecule has 5 nitrogen and oxygen atoms in total. The van der Waals surface area contributed by atoms with Crippen molar-refractivity contribution in [2.45, 2.75) is 26.3 Å². The van der Waals surface area contributed by atoms with Gasteiger partial charge in [0.1, 0.15) is 11.8 Å². The lowest BCUT2D eigenvalue weighted by Gasteiger charge is -2.26. The van der Waals surface area contributed by atoms with Gasteiger partial charge in [-0.1, -0.05) is 13.8 Å². The van der Waals surface area contributed by atoms with Gasteiger partial charge >= 0.3 is 0 Å². The summed E-state index contributed by atoms with van der Waals surface area (Å²) in [6.45, 7) is 4.24. The molecule has 1 saturated heterocycles. The average Bonchev–Trinajstić information content (AvgIpc) is 2.58. The van der Waals surface area contributed by atoms with Crippen LogP contribution in [0, 0.1) is 5.92 Å². The number of methoxy groups -OCH3 is 1. The summed E-state index contributed by atoms with van der Waals surface area (Å²) in [4.78, 5) is 26.1. The maximum absolute atomic E-state index is 12.7. The van der Waals surface area contributed by atoms with Gasteiger partial charge in [-0.15, -0.1) is 0 Å². The van der Waals surface area contributed by atoms with E-state index >= 15 is 0 Å². The SMILES string of the molecule is COc1ccc(N2CCC(=O)NC(C(C)C)C2=O)cc1Br. The topological polar surface area (TPSA) is 58.6 Å². The van der Waals surface area contributed by atoms with E-state index in [4.69, 9.17) is 4.74 Å². The smallest absolute Gasteiger partial charge is 0.249 e. The van der Waals surface area contributed by atoms with E-state index in [2.05, 4.69) is 21.2 Å². The van der Waals surface area contributed by atoms with Crippen LogP contribution in [-0.2, 0) is 9.59 Å². The van der Waals surface area contributed by atoms with Crippen LogP contribution in [0.5, 0.6) is 5.75 Å². The molecule has 0 aliphatic carbocycles. The van der Waals surface area contributed by atoms with Crippen LogP contribution >= 0.6 is 15.9 Å². The van der Waals surface area contributed by atoms with Crippen molar-refractivity contribution < 1.29 is 14.3 Å². The minimum Gasteiger partial charge on any atom is -0.496 e. The van der Waals surface area contributed by atoms with Gasteiger partial charge in [-0.3, -0.25) is 9.59 Å². The molecule has 6 heteroatoms. The molecule has 1 N–H and O–H groups in total. The molecular formula is C15H19BrN2O3. The summed E-state index contributed by atoms with van der Waals surface area (Å²) in [6, 6.07) is 4.98. The number of benzene rings is 1. The molecule has 2 rings (SSSR count). The fourth-order valence-corrected chi connectivity index (χ4v) is 2.86. The third-order valence-corrected chi connectivity index (χ3v) is 4.14. The van der Waals surface area contributed by atoms with Crippen LogP contribution in [0.4, 0.5) is 5.69 Å². The van der Waals surface area contributed by atoms with Gasteiger partial charge in [-0.25, -0.2) is 0 Å². The molecule has 1 aliphatic heterocycles. The van der Waals surface area contributed by atoms with Crippen molar-refractivity contribution in [3.63, 3.8) is 0 Å². The summed E-state index contributed by atoms with van der Waals surface area (Å²) in [7, 11) is 1.59. The van der Waals surface area contributed by atoms with Crippen LogP contribution in [0.15, 0.2) is 22.7 Å². The first-order valence-corrected chi connectivity index (χ1v) is 7.67. The van der Waals surface area contributed by atoms with Crippen molar-refractivity contribution in [2.75, 3.05) is 18.6 Å². The monoisotopic (exact) mass is 354 g/mol. The lowest BCUT2D eigenvalue weighted by Crippen LogP contribution is -2.47. The van der Waals surface area contributed by atoms with Crippen molar-refractivity contribution in [2.24, 2.45) is 5.92 Å². The van der Waals surface area contributed by atoms with E-state index in [0.29, 0.717) is 18.7 Å².